The molecule has 1 fully saturated rings. The van der Waals surface area contributed by atoms with Crippen LogP contribution < -0.4 is 10.6 Å². The van der Waals surface area contributed by atoms with Crippen molar-refractivity contribution in [2.75, 3.05) is 25.5 Å². The highest BCUT2D eigenvalue weighted by Crippen LogP contribution is 2.25. The second-order valence-corrected chi connectivity index (χ2v) is 6.85. The van der Waals surface area contributed by atoms with Crippen molar-refractivity contribution in [3.63, 3.8) is 0 Å². The molecular formula is C21H28N4O. The number of pyridine rings is 1. The number of benzene rings is 1. The fraction of sp³-hybridized carbons (Fsp3) is 0.429. The number of anilines is 1. The Morgan fingerprint density at radius 2 is 1.81 bits per heavy atom. The Morgan fingerprint density at radius 3 is 2.50 bits per heavy atom. The van der Waals surface area contributed by atoms with Gasteiger partial charge in [0, 0.05) is 19.3 Å². The van der Waals surface area contributed by atoms with E-state index in [9.17, 15) is 4.79 Å². The van der Waals surface area contributed by atoms with E-state index in [2.05, 4.69) is 39.6 Å². The summed E-state index contributed by atoms with van der Waals surface area (Å²) in [4.78, 5) is 19.7. The lowest BCUT2D eigenvalue weighted by Crippen LogP contribution is -2.46. The Labute approximate surface area is 155 Å². The van der Waals surface area contributed by atoms with E-state index in [1.54, 1.807) is 19.3 Å². The van der Waals surface area contributed by atoms with E-state index in [0.717, 1.165) is 18.7 Å². The maximum absolute atomic E-state index is 13.0. The highest BCUT2D eigenvalue weighted by molar-refractivity contribution is 5.98. The van der Waals surface area contributed by atoms with Crippen LogP contribution in [-0.2, 0) is 0 Å². The van der Waals surface area contributed by atoms with Crippen molar-refractivity contribution < 1.29 is 4.79 Å². The Morgan fingerprint density at radius 1 is 1.08 bits per heavy atom. The molecule has 2 heterocycles. The maximum Gasteiger partial charge on any atom is 0.255 e. The SMILES string of the molecule is CNc1ncccc1C(=O)NC(c1ccccc1)C(C)N1CCCCC1. The first-order valence-corrected chi connectivity index (χ1v) is 9.43. The summed E-state index contributed by atoms with van der Waals surface area (Å²) in [6.07, 6.45) is 5.44. The lowest BCUT2D eigenvalue weighted by molar-refractivity contribution is 0.0877. The van der Waals surface area contributed by atoms with E-state index in [1.165, 1.54) is 19.3 Å². The average Bonchev–Trinajstić information content (AvgIpc) is 2.72. The van der Waals surface area contributed by atoms with Crippen LogP contribution in [0.1, 0.15) is 48.1 Å². The van der Waals surface area contributed by atoms with Gasteiger partial charge in [0.1, 0.15) is 5.82 Å². The third kappa shape index (κ3) is 4.22. The summed E-state index contributed by atoms with van der Waals surface area (Å²) in [7, 11) is 1.78. The molecule has 1 aromatic carbocycles. The minimum absolute atomic E-state index is 0.0632. The summed E-state index contributed by atoms with van der Waals surface area (Å²) in [5, 5.41) is 6.26. The number of hydrogen-bond donors (Lipinski definition) is 2. The number of carbonyl (C=O) groups is 1. The summed E-state index contributed by atoms with van der Waals surface area (Å²) >= 11 is 0. The van der Waals surface area contributed by atoms with Gasteiger partial charge in [-0.3, -0.25) is 9.69 Å². The largest absolute Gasteiger partial charge is 0.372 e. The molecule has 138 valence electrons. The van der Waals surface area contributed by atoms with E-state index in [4.69, 9.17) is 0 Å². The first kappa shape index (κ1) is 18.4. The zero-order chi connectivity index (χ0) is 18.4. The molecule has 0 aliphatic carbocycles. The number of hydrogen-bond acceptors (Lipinski definition) is 4. The van der Waals surface area contributed by atoms with Crippen LogP contribution in [0.2, 0.25) is 0 Å². The molecule has 26 heavy (non-hydrogen) atoms. The minimum atomic E-state index is -0.0971. The highest BCUT2D eigenvalue weighted by atomic mass is 16.1. The lowest BCUT2D eigenvalue weighted by Gasteiger charge is -2.37. The first-order chi connectivity index (χ1) is 12.7. The van der Waals surface area contributed by atoms with Gasteiger partial charge in [0.15, 0.2) is 0 Å². The number of likely N-dealkylation sites (tertiary alicyclic amines) is 1. The number of carbonyl (C=O) groups excluding carboxylic acids is 1. The third-order valence-corrected chi connectivity index (χ3v) is 5.18. The Balaban J connectivity index is 1.84. The van der Waals surface area contributed by atoms with Gasteiger partial charge in [-0.05, 0) is 50.6 Å². The summed E-state index contributed by atoms with van der Waals surface area (Å²) in [6, 6.07) is 14.0. The normalized spacial score (nSPS) is 17.3. The van der Waals surface area contributed by atoms with Gasteiger partial charge in [0.05, 0.1) is 11.6 Å². The van der Waals surface area contributed by atoms with Crippen molar-refractivity contribution in [3.8, 4) is 0 Å². The fourth-order valence-electron chi connectivity index (χ4n) is 3.69. The minimum Gasteiger partial charge on any atom is -0.372 e. The molecule has 0 spiro atoms. The molecule has 5 nitrogen and oxygen atoms in total. The number of nitrogens with one attached hydrogen (secondary N) is 2. The van der Waals surface area contributed by atoms with Crippen molar-refractivity contribution in [3.05, 3.63) is 59.8 Å². The predicted octanol–water partition coefficient (Wildman–Crippen LogP) is 3.47. The number of aromatic nitrogens is 1. The Bertz CT molecular complexity index is 713. The van der Waals surface area contributed by atoms with Gasteiger partial charge in [-0.2, -0.15) is 0 Å². The maximum atomic E-state index is 13.0. The molecule has 2 aromatic rings. The van der Waals surface area contributed by atoms with Crippen LogP contribution in [-0.4, -0.2) is 42.0 Å². The Hall–Kier alpha value is -2.40. The third-order valence-electron chi connectivity index (χ3n) is 5.18. The van der Waals surface area contributed by atoms with E-state index in [-0.39, 0.29) is 18.0 Å². The molecule has 1 amide bonds. The van der Waals surface area contributed by atoms with Crippen molar-refractivity contribution in [1.82, 2.24) is 15.2 Å². The number of amides is 1. The molecule has 1 aromatic heterocycles. The zero-order valence-electron chi connectivity index (χ0n) is 15.6. The Kier molecular flexibility index (Phi) is 6.23. The molecule has 0 saturated carbocycles. The van der Waals surface area contributed by atoms with E-state index < -0.39 is 0 Å². The van der Waals surface area contributed by atoms with Crippen LogP contribution >= 0.6 is 0 Å². The molecule has 5 heteroatoms. The molecule has 2 atom stereocenters. The number of piperidine rings is 1. The smallest absolute Gasteiger partial charge is 0.255 e. The van der Waals surface area contributed by atoms with Crippen molar-refractivity contribution >= 4 is 11.7 Å². The van der Waals surface area contributed by atoms with Crippen LogP contribution in [0.5, 0.6) is 0 Å². The molecule has 1 aliphatic heterocycles. The van der Waals surface area contributed by atoms with Crippen LogP contribution in [0.25, 0.3) is 0 Å². The van der Waals surface area contributed by atoms with Crippen LogP contribution in [0.4, 0.5) is 5.82 Å². The fourth-order valence-corrected chi connectivity index (χ4v) is 3.69. The van der Waals surface area contributed by atoms with Crippen molar-refractivity contribution in [1.29, 1.82) is 0 Å². The highest BCUT2D eigenvalue weighted by Gasteiger charge is 2.28. The quantitative estimate of drug-likeness (QED) is 0.836. The monoisotopic (exact) mass is 352 g/mol. The van der Waals surface area contributed by atoms with E-state index in [1.807, 2.05) is 24.3 Å². The van der Waals surface area contributed by atoms with Crippen LogP contribution in [0.3, 0.4) is 0 Å². The summed E-state index contributed by atoms with van der Waals surface area (Å²) in [5.41, 5.74) is 1.70. The van der Waals surface area contributed by atoms with Crippen molar-refractivity contribution in [2.45, 2.75) is 38.3 Å². The summed E-state index contributed by atoms with van der Waals surface area (Å²) < 4.78 is 0. The molecule has 3 rings (SSSR count). The lowest BCUT2D eigenvalue weighted by atomic mass is 9.96. The van der Waals surface area contributed by atoms with Crippen LogP contribution in [0.15, 0.2) is 48.7 Å². The first-order valence-electron chi connectivity index (χ1n) is 9.43. The van der Waals surface area contributed by atoms with E-state index >= 15 is 0 Å². The molecule has 2 N–H and O–H groups in total. The molecule has 0 bridgehead atoms. The number of nitrogens with zero attached hydrogens (tertiary/aromatic N) is 2. The van der Waals surface area contributed by atoms with Gasteiger partial charge in [0.2, 0.25) is 0 Å². The summed E-state index contributed by atoms with van der Waals surface area (Å²) in [6.45, 7) is 4.40. The standard InChI is InChI=1S/C21H28N4O/c1-16(25-14-7-4-8-15-25)19(17-10-5-3-6-11-17)24-21(26)18-12-9-13-23-20(18)22-2/h3,5-6,9-13,16,19H,4,7-8,14-15H2,1-2H3,(H,22,23)(H,24,26). The molecule has 1 saturated heterocycles. The predicted molar refractivity (Wildman–Crippen MR) is 105 cm³/mol. The van der Waals surface area contributed by atoms with Gasteiger partial charge in [-0.1, -0.05) is 36.8 Å². The van der Waals surface area contributed by atoms with Gasteiger partial charge in [-0.25, -0.2) is 4.98 Å². The van der Waals surface area contributed by atoms with E-state index in [0.29, 0.717) is 11.4 Å². The second-order valence-electron chi connectivity index (χ2n) is 6.85. The topological polar surface area (TPSA) is 57.3 Å². The molecule has 0 radical (unpaired) electrons. The average molecular weight is 352 g/mol. The van der Waals surface area contributed by atoms with Gasteiger partial charge in [-0.15, -0.1) is 0 Å². The summed E-state index contributed by atoms with van der Waals surface area (Å²) in [5.74, 6) is 0.502. The van der Waals surface area contributed by atoms with Gasteiger partial charge < -0.3 is 10.6 Å². The van der Waals surface area contributed by atoms with Gasteiger partial charge >= 0.3 is 0 Å². The molecular weight excluding hydrogens is 324 g/mol. The van der Waals surface area contributed by atoms with Crippen LogP contribution in [0, 0.1) is 0 Å². The molecule has 2 unspecified atom stereocenters. The second kappa shape index (κ2) is 8.81. The molecule has 1 aliphatic rings. The number of rotatable bonds is 6. The van der Waals surface area contributed by atoms with Gasteiger partial charge in [0.25, 0.3) is 5.91 Å². The zero-order valence-corrected chi connectivity index (χ0v) is 15.6. The van der Waals surface area contributed by atoms with Crippen molar-refractivity contribution in [2.24, 2.45) is 0 Å².